The van der Waals surface area contributed by atoms with Crippen LogP contribution in [0.1, 0.15) is 174 Å². The standard InChI is InChI=1S/C62H101N2O6P/c1-6-8-10-12-14-16-18-20-21-22-23-24-25-26-27-28-29-30-31-32-33-34-35-36-37-38-39-40-41-42-43-44-46-48-50-52-54-56-62(66)63-60(59-70-71(67,68)69-58-57-64(3,4)5)61(65)55-53-51-49-47-45-19-17-15-13-11-9-7-2/h8,10,14,16,20-21,23-24,26-27,29-30,32-33,35-36,38-39,41-42,44-47,53,55,60-61,65H,6-7,9,11-13,15,17-19,22,25,28,31,34,37,40,43,48-52,54,56-59H2,1-5H3,(H-,63,66,67,68)/b10-8-,16-14-,21-20-,24-23-,27-26-,30-29-,33-32-,36-35-,39-38-,42-41-,46-44-,47-45+,55-53+. The number of quaternary nitrogens is 1. The first-order valence-corrected chi connectivity index (χ1v) is 28.8. The van der Waals surface area contributed by atoms with Gasteiger partial charge in [-0.05, 0) is 116 Å². The highest BCUT2D eigenvalue weighted by molar-refractivity contribution is 7.45. The summed E-state index contributed by atoms with van der Waals surface area (Å²) >= 11 is 0. The molecule has 0 spiro atoms. The maximum Gasteiger partial charge on any atom is 0.268 e. The molecule has 0 saturated carbocycles. The van der Waals surface area contributed by atoms with E-state index in [2.05, 4.69) is 165 Å². The molecule has 3 unspecified atom stereocenters. The van der Waals surface area contributed by atoms with Crippen molar-refractivity contribution in [3.63, 3.8) is 0 Å². The Bertz CT molecular complexity index is 1700. The number of nitrogens with zero attached hydrogens (tertiary/aromatic N) is 1. The largest absolute Gasteiger partial charge is 0.756 e. The lowest BCUT2D eigenvalue weighted by atomic mass is 10.1. The van der Waals surface area contributed by atoms with E-state index in [4.69, 9.17) is 9.05 Å². The number of nitrogens with one attached hydrogen (secondary N) is 1. The van der Waals surface area contributed by atoms with Crippen LogP contribution in [-0.2, 0) is 18.4 Å². The predicted octanol–water partition coefficient (Wildman–Crippen LogP) is 16.1. The number of hydrogen-bond acceptors (Lipinski definition) is 6. The van der Waals surface area contributed by atoms with E-state index < -0.39 is 26.6 Å². The van der Waals surface area contributed by atoms with Gasteiger partial charge in [0.25, 0.3) is 7.82 Å². The Morgan fingerprint density at radius 3 is 1.31 bits per heavy atom. The second kappa shape index (κ2) is 51.0. The Morgan fingerprint density at radius 2 is 0.873 bits per heavy atom. The second-order valence-corrected chi connectivity index (χ2v) is 20.2. The van der Waals surface area contributed by atoms with Gasteiger partial charge in [-0.2, -0.15) is 0 Å². The summed E-state index contributed by atoms with van der Waals surface area (Å²) in [6.07, 6.45) is 80.4. The molecule has 2 N–H and O–H groups in total. The number of aliphatic hydroxyl groups excluding tert-OH is 1. The van der Waals surface area contributed by atoms with Gasteiger partial charge in [0.15, 0.2) is 0 Å². The quantitative estimate of drug-likeness (QED) is 0.0272. The highest BCUT2D eigenvalue weighted by Gasteiger charge is 2.23. The molecular formula is C62H101N2O6P. The van der Waals surface area contributed by atoms with Crippen LogP contribution in [-0.4, -0.2) is 68.5 Å². The Morgan fingerprint density at radius 1 is 0.507 bits per heavy atom. The molecule has 0 heterocycles. The topological polar surface area (TPSA) is 108 Å². The van der Waals surface area contributed by atoms with Gasteiger partial charge in [-0.15, -0.1) is 0 Å². The summed E-state index contributed by atoms with van der Waals surface area (Å²) in [5, 5.41) is 13.7. The average molecular weight is 1000 g/mol. The minimum absolute atomic E-state index is 0.0224. The zero-order valence-electron chi connectivity index (χ0n) is 45.3. The Balaban J connectivity index is 4.28. The van der Waals surface area contributed by atoms with E-state index in [1.807, 2.05) is 27.2 Å². The van der Waals surface area contributed by atoms with Gasteiger partial charge in [-0.3, -0.25) is 9.36 Å². The van der Waals surface area contributed by atoms with Crippen molar-refractivity contribution in [3.05, 3.63) is 158 Å². The first-order chi connectivity index (χ1) is 34.5. The van der Waals surface area contributed by atoms with Crippen LogP contribution >= 0.6 is 7.82 Å². The third-order valence-corrected chi connectivity index (χ3v) is 11.9. The van der Waals surface area contributed by atoms with Crippen LogP contribution in [0.2, 0.25) is 0 Å². The maximum atomic E-state index is 12.9. The van der Waals surface area contributed by atoms with Crippen LogP contribution in [0.25, 0.3) is 0 Å². The minimum Gasteiger partial charge on any atom is -0.756 e. The van der Waals surface area contributed by atoms with Crippen molar-refractivity contribution in [2.75, 3.05) is 40.9 Å². The number of carbonyl (C=O) groups is 1. The van der Waals surface area contributed by atoms with E-state index in [9.17, 15) is 19.4 Å². The summed E-state index contributed by atoms with van der Waals surface area (Å²) in [6.45, 7) is 4.43. The molecule has 0 aromatic carbocycles. The first kappa shape index (κ1) is 67.1. The number of likely N-dealkylation sites (N-methyl/N-ethyl adjacent to an activating group) is 1. The maximum absolute atomic E-state index is 12.9. The molecule has 3 atom stereocenters. The Labute approximate surface area is 435 Å². The molecule has 0 radical (unpaired) electrons. The Kier molecular flexibility index (Phi) is 48.2. The van der Waals surface area contributed by atoms with E-state index in [1.54, 1.807) is 6.08 Å². The van der Waals surface area contributed by atoms with E-state index in [0.717, 1.165) is 109 Å². The summed E-state index contributed by atoms with van der Waals surface area (Å²) in [4.78, 5) is 25.4. The number of amides is 1. The van der Waals surface area contributed by atoms with Gasteiger partial charge in [-0.1, -0.05) is 210 Å². The van der Waals surface area contributed by atoms with Crippen molar-refractivity contribution in [2.24, 2.45) is 0 Å². The number of phosphoric acid groups is 1. The first-order valence-electron chi connectivity index (χ1n) is 27.3. The van der Waals surface area contributed by atoms with Crippen LogP contribution in [0.4, 0.5) is 0 Å². The fourth-order valence-electron chi connectivity index (χ4n) is 6.70. The predicted molar refractivity (Wildman–Crippen MR) is 306 cm³/mol. The highest BCUT2D eigenvalue weighted by Crippen LogP contribution is 2.38. The van der Waals surface area contributed by atoms with Gasteiger partial charge >= 0.3 is 0 Å². The van der Waals surface area contributed by atoms with Crippen molar-refractivity contribution in [1.82, 2.24) is 5.32 Å². The number of hydrogen-bond donors (Lipinski definition) is 2. The molecule has 0 aliphatic carbocycles. The fraction of sp³-hybridized carbons (Fsp3) is 0.565. The monoisotopic (exact) mass is 1000 g/mol. The molecule has 0 aromatic rings. The molecule has 0 aliphatic heterocycles. The molecule has 9 heteroatoms. The van der Waals surface area contributed by atoms with Crippen LogP contribution in [0.3, 0.4) is 0 Å². The molecule has 400 valence electrons. The molecule has 0 bridgehead atoms. The highest BCUT2D eigenvalue weighted by atomic mass is 31.2. The average Bonchev–Trinajstić information content (AvgIpc) is 3.33. The van der Waals surface area contributed by atoms with Crippen LogP contribution < -0.4 is 10.2 Å². The molecule has 0 saturated heterocycles. The number of aliphatic hydroxyl groups is 1. The minimum atomic E-state index is -4.62. The molecule has 0 aliphatic rings. The van der Waals surface area contributed by atoms with Crippen molar-refractivity contribution >= 4 is 13.7 Å². The fourth-order valence-corrected chi connectivity index (χ4v) is 7.42. The van der Waals surface area contributed by atoms with Gasteiger partial charge < -0.3 is 28.8 Å². The van der Waals surface area contributed by atoms with Crippen LogP contribution in [0.5, 0.6) is 0 Å². The lowest BCUT2D eigenvalue weighted by molar-refractivity contribution is -0.870. The third kappa shape index (κ3) is 53.7. The second-order valence-electron chi connectivity index (χ2n) is 18.8. The zero-order valence-corrected chi connectivity index (χ0v) is 46.2. The van der Waals surface area contributed by atoms with Gasteiger partial charge in [0.05, 0.1) is 39.9 Å². The zero-order chi connectivity index (χ0) is 52.0. The summed E-state index contributed by atoms with van der Waals surface area (Å²) in [5.74, 6) is -0.248. The number of unbranched alkanes of at least 4 members (excludes halogenated alkanes) is 10. The molecule has 0 fully saturated rings. The van der Waals surface area contributed by atoms with E-state index >= 15 is 0 Å². The molecular weight excluding hydrogens is 900 g/mol. The van der Waals surface area contributed by atoms with Crippen LogP contribution in [0, 0.1) is 0 Å². The molecule has 71 heavy (non-hydrogen) atoms. The smallest absolute Gasteiger partial charge is 0.268 e. The number of rotatable bonds is 47. The molecule has 0 rings (SSSR count). The van der Waals surface area contributed by atoms with Gasteiger partial charge in [0, 0.05) is 6.42 Å². The van der Waals surface area contributed by atoms with E-state index in [1.165, 1.54) is 38.5 Å². The van der Waals surface area contributed by atoms with Crippen molar-refractivity contribution < 1.29 is 32.9 Å². The SMILES string of the molecule is CC/C=C\C/C=C\C/C=C\C/C=C\C/C=C\C/C=C\C/C=C\C/C=C\C/C=C\C/C=C\C/C=C\CCCCCC(=O)NC(COP(=O)([O-])OCC[N+](C)(C)C)C(O)/C=C/CC/C=C/CCCCCCCC. The van der Waals surface area contributed by atoms with Gasteiger partial charge in [0.1, 0.15) is 13.2 Å². The normalized spacial score (nSPS) is 15.2. The summed E-state index contributed by atoms with van der Waals surface area (Å²) in [7, 11) is 1.19. The lowest BCUT2D eigenvalue weighted by Gasteiger charge is -2.29. The molecule has 0 aromatic heterocycles. The summed E-state index contributed by atoms with van der Waals surface area (Å²) in [6, 6.07) is -0.932. The van der Waals surface area contributed by atoms with Crippen molar-refractivity contribution in [2.45, 2.75) is 187 Å². The van der Waals surface area contributed by atoms with Gasteiger partial charge in [0.2, 0.25) is 5.91 Å². The lowest BCUT2D eigenvalue weighted by Crippen LogP contribution is -2.45. The van der Waals surface area contributed by atoms with Crippen molar-refractivity contribution in [3.8, 4) is 0 Å². The van der Waals surface area contributed by atoms with Gasteiger partial charge in [-0.25, -0.2) is 0 Å². The van der Waals surface area contributed by atoms with Crippen LogP contribution in [0.15, 0.2) is 158 Å². The molecule has 1 amide bonds. The van der Waals surface area contributed by atoms with E-state index in [-0.39, 0.29) is 18.9 Å². The van der Waals surface area contributed by atoms with E-state index in [0.29, 0.717) is 17.4 Å². The molecule has 8 nitrogen and oxygen atoms in total. The number of allylic oxidation sites excluding steroid dienone is 25. The van der Waals surface area contributed by atoms with Crippen molar-refractivity contribution in [1.29, 1.82) is 0 Å². The third-order valence-electron chi connectivity index (χ3n) is 11.0. The summed E-state index contributed by atoms with van der Waals surface area (Å²) in [5.41, 5.74) is 0. The Hall–Kier alpha value is -3.88. The summed E-state index contributed by atoms with van der Waals surface area (Å²) < 4.78 is 23.2. The number of carbonyl (C=O) groups excluding carboxylic acids is 1. The number of phosphoric ester groups is 1.